The average Bonchev–Trinajstić information content (AvgIpc) is 2.39. The Bertz CT molecular complexity index is 479. The number of hydrogen-bond donors (Lipinski definition) is 1. The second kappa shape index (κ2) is 4.99. The molecule has 2 heteroatoms. The highest BCUT2D eigenvalue weighted by atomic mass is 32.1. The second-order valence-electron chi connectivity index (χ2n) is 3.48. The molecule has 1 nitrogen and oxygen atoms in total. The fourth-order valence-electron chi connectivity index (χ4n) is 1.64. The third kappa shape index (κ3) is 2.17. The van der Waals surface area contributed by atoms with Gasteiger partial charge in [-0.2, -0.15) is 12.6 Å². The van der Waals surface area contributed by atoms with Crippen molar-refractivity contribution in [3.05, 3.63) is 66.9 Å². The van der Waals surface area contributed by atoms with Gasteiger partial charge in [-0.3, -0.25) is 4.98 Å². The van der Waals surface area contributed by atoms with Gasteiger partial charge in [0.2, 0.25) is 0 Å². The van der Waals surface area contributed by atoms with Crippen LogP contribution in [0.2, 0.25) is 0 Å². The predicted molar refractivity (Wildman–Crippen MR) is 71.6 cm³/mol. The molecule has 2 rings (SSSR count). The number of aromatic nitrogens is 1. The van der Waals surface area contributed by atoms with E-state index < -0.39 is 0 Å². The van der Waals surface area contributed by atoms with Crippen LogP contribution in [0.3, 0.4) is 0 Å². The minimum absolute atomic E-state index is 0.0400. The van der Waals surface area contributed by atoms with Crippen molar-refractivity contribution in [3.63, 3.8) is 0 Å². The Morgan fingerprint density at radius 2 is 1.88 bits per heavy atom. The molecule has 0 fully saturated rings. The number of thiol groups is 1. The summed E-state index contributed by atoms with van der Waals surface area (Å²) in [5, 5.41) is 0.0400. The summed E-state index contributed by atoms with van der Waals surface area (Å²) in [6, 6.07) is 14.0. The first-order valence-corrected chi connectivity index (χ1v) is 5.65. The number of nitrogens with zero attached hydrogens (tertiary/aromatic N) is 1. The molecule has 0 spiro atoms. The monoisotopic (exact) mass is 227 g/mol. The van der Waals surface area contributed by atoms with Gasteiger partial charge in [0, 0.05) is 17.0 Å². The van der Waals surface area contributed by atoms with Crippen molar-refractivity contribution < 1.29 is 0 Å². The van der Waals surface area contributed by atoms with Crippen molar-refractivity contribution in [1.82, 2.24) is 4.98 Å². The van der Waals surface area contributed by atoms with Gasteiger partial charge in [0.25, 0.3) is 0 Å². The van der Waals surface area contributed by atoms with Crippen molar-refractivity contribution in [2.75, 3.05) is 0 Å². The topological polar surface area (TPSA) is 12.9 Å². The van der Waals surface area contributed by atoms with Crippen LogP contribution in [0.25, 0.3) is 11.3 Å². The van der Waals surface area contributed by atoms with Crippen LogP contribution in [-0.2, 0) is 0 Å². The molecular formula is C14H13NS. The Balaban J connectivity index is 2.53. The quantitative estimate of drug-likeness (QED) is 0.619. The molecular weight excluding hydrogens is 214 g/mol. The van der Waals surface area contributed by atoms with Gasteiger partial charge in [-0.05, 0) is 17.7 Å². The maximum atomic E-state index is 4.49. The summed E-state index contributed by atoms with van der Waals surface area (Å²) >= 11 is 4.49. The molecule has 1 unspecified atom stereocenters. The number of hydrogen-bond acceptors (Lipinski definition) is 2. The molecule has 0 aliphatic carbocycles. The van der Waals surface area contributed by atoms with E-state index in [9.17, 15) is 0 Å². The van der Waals surface area contributed by atoms with Crippen molar-refractivity contribution in [2.24, 2.45) is 0 Å². The molecule has 80 valence electrons. The zero-order chi connectivity index (χ0) is 11.4. The molecule has 16 heavy (non-hydrogen) atoms. The summed E-state index contributed by atoms with van der Waals surface area (Å²) in [4.78, 5) is 4.36. The number of benzene rings is 1. The maximum Gasteiger partial charge on any atom is 0.0705 e. The zero-order valence-corrected chi connectivity index (χ0v) is 9.77. The summed E-state index contributed by atoms with van der Waals surface area (Å²) in [6.07, 6.45) is 3.62. The van der Waals surface area contributed by atoms with Crippen LogP contribution in [0.4, 0.5) is 0 Å². The van der Waals surface area contributed by atoms with E-state index in [1.165, 1.54) is 0 Å². The predicted octanol–water partition coefficient (Wildman–Crippen LogP) is 3.91. The van der Waals surface area contributed by atoms with E-state index in [-0.39, 0.29) is 5.25 Å². The van der Waals surface area contributed by atoms with Crippen molar-refractivity contribution in [3.8, 4) is 11.3 Å². The first-order valence-electron chi connectivity index (χ1n) is 5.14. The van der Waals surface area contributed by atoms with Gasteiger partial charge in [0.05, 0.1) is 5.69 Å². The summed E-state index contributed by atoms with van der Waals surface area (Å²) in [6.45, 7) is 3.77. The third-order valence-corrected chi connectivity index (χ3v) is 2.93. The van der Waals surface area contributed by atoms with Gasteiger partial charge >= 0.3 is 0 Å². The van der Waals surface area contributed by atoms with Crippen LogP contribution in [0.1, 0.15) is 10.8 Å². The molecule has 0 radical (unpaired) electrons. The SMILES string of the molecule is C=CC(S)c1ccccc1-c1ccccn1. The number of rotatable bonds is 3. The highest BCUT2D eigenvalue weighted by Gasteiger charge is 2.09. The van der Waals surface area contributed by atoms with Gasteiger partial charge < -0.3 is 0 Å². The fraction of sp³-hybridized carbons (Fsp3) is 0.0714. The summed E-state index contributed by atoms with van der Waals surface area (Å²) in [5.74, 6) is 0. The van der Waals surface area contributed by atoms with E-state index in [0.717, 1.165) is 16.8 Å². The van der Waals surface area contributed by atoms with Crippen LogP contribution >= 0.6 is 12.6 Å². The first-order chi connectivity index (χ1) is 7.83. The molecule has 1 heterocycles. The van der Waals surface area contributed by atoms with E-state index in [1.54, 1.807) is 6.20 Å². The lowest BCUT2D eigenvalue weighted by molar-refractivity contribution is 1.22. The lowest BCUT2D eigenvalue weighted by Crippen LogP contribution is -1.92. The van der Waals surface area contributed by atoms with E-state index in [1.807, 2.05) is 36.4 Å². The standard InChI is InChI=1S/C14H13NS/c1-2-14(16)12-8-4-3-7-11(12)13-9-5-6-10-15-13/h2-10,14,16H,1H2. The van der Waals surface area contributed by atoms with Crippen LogP contribution in [0.15, 0.2) is 61.3 Å². The van der Waals surface area contributed by atoms with Crippen molar-refractivity contribution >= 4 is 12.6 Å². The van der Waals surface area contributed by atoms with Crippen molar-refractivity contribution in [1.29, 1.82) is 0 Å². The minimum Gasteiger partial charge on any atom is -0.256 e. The van der Waals surface area contributed by atoms with Gasteiger partial charge in [-0.15, -0.1) is 6.58 Å². The van der Waals surface area contributed by atoms with Gasteiger partial charge in [-0.1, -0.05) is 36.4 Å². The largest absolute Gasteiger partial charge is 0.256 e. The summed E-state index contributed by atoms with van der Waals surface area (Å²) < 4.78 is 0. The molecule has 0 amide bonds. The smallest absolute Gasteiger partial charge is 0.0705 e. The number of pyridine rings is 1. The first kappa shape index (κ1) is 11.0. The highest BCUT2D eigenvalue weighted by molar-refractivity contribution is 7.80. The summed E-state index contributed by atoms with van der Waals surface area (Å²) in [7, 11) is 0. The lowest BCUT2D eigenvalue weighted by Gasteiger charge is -2.11. The van der Waals surface area contributed by atoms with E-state index in [0.29, 0.717) is 0 Å². The van der Waals surface area contributed by atoms with E-state index >= 15 is 0 Å². The van der Waals surface area contributed by atoms with Crippen LogP contribution in [-0.4, -0.2) is 4.98 Å². The Kier molecular flexibility index (Phi) is 3.42. The summed E-state index contributed by atoms with van der Waals surface area (Å²) in [5.41, 5.74) is 3.22. The Hall–Kier alpha value is -1.54. The molecule has 2 aromatic rings. The Morgan fingerprint density at radius 3 is 2.56 bits per heavy atom. The molecule has 0 bridgehead atoms. The van der Waals surface area contributed by atoms with Gasteiger partial charge in [0.15, 0.2) is 0 Å². The van der Waals surface area contributed by atoms with Crippen LogP contribution in [0.5, 0.6) is 0 Å². The maximum absolute atomic E-state index is 4.49. The minimum atomic E-state index is 0.0400. The molecule has 1 aromatic heterocycles. The molecule has 0 N–H and O–H groups in total. The normalized spacial score (nSPS) is 12.1. The highest BCUT2D eigenvalue weighted by Crippen LogP contribution is 2.30. The van der Waals surface area contributed by atoms with E-state index in [4.69, 9.17) is 0 Å². The molecule has 0 saturated carbocycles. The zero-order valence-electron chi connectivity index (χ0n) is 8.88. The molecule has 1 atom stereocenters. The molecule has 0 aliphatic heterocycles. The van der Waals surface area contributed by atoms with Crippen molar-refractivity contribution in [2.45, 2.75) is 5.25 Å². The average molecular weight is 227 g/mol. The second-order valence-corrected chi connectivity index (χ2v) is 4.04. The molecule has 0 aliphatic rings. The molecule has 1 aromatic carbocycles. The van der Waals surface area contributed by atoms with Crippen LogP contribution < -0.4 is 0 Å². The van der Waals surface area contributed by atoms with Gasteiger partial charge in [-0.25, -0.2) is 0 Å². The fourth-order valence-corrected chi connectivity index (χ4v) is 1.86. The Morgan fingerprint density at radius 1 is 1.12 bits per heavy atom. The third-order valence-electron chi connectivity index (χ3n) is 2.44. The van der Waals surface area contributed by atoms with Gasteiger partial charge in [0.1, 0.15) is 0 Å². The molecule has 0 saturated heterocycles. The Labute approximate surface area is 101 Å². The van der Waals surface area contributed by atoms with E-state index in [2.05, 4.69) is 36.3 Å². The van der Waals surface area contributed by atoms with Crippen LogP contribution in [0, 0.1) is 0 Å². The lowest BCUT2D eigenvalue weighted by atomic mass is 10.0.